The van der Waals surface area contributed by atoms with Gasteiger partial charge in [-0.05, 0) is 22.8 Å². The molecule has 0 amide bonds. The van der Waals surface area contributed by atoms with Crippen LogP contribution in [0.4, 0.5) is 4.39 Å². The summed E-state index contributed by atoms with van der Waals surface area (Å²) in [5, 5.41) is 3.30. The van der Waals surface area contributed by atoms with Crippen LogP contribution >= 0.6 is 11.6 Å². The van der Waals surface area contributed by atoms with Gasteiger partial charge in [0.25, 0.3) is 0 Å². The minimum absolute atomic E-state index is 0.0444. The molecule has 2 aromatic rings. The summed E-state index contributed by atoms with van der Waals surface area (Å²) in [6.45, 7) is 1.39. The van der Waals surface area contributed by atoms with Crippen LogP contribution < -0.4 is 5.32 Å². The van der Waals surface area contributed by atoms with Gasteiger partial charge in [0.15, 0.2) is 0 Å². The van der Waals surface area contributed by atoms with Gasteiger partial charge in [0.05, 0.1) is 10.9 Å². The lowest BCUT2D eigenvalue weighted by Crippen LogP contribution is -2.33. The zero-order chi connectivity index (χ0) is 14.8. The van der Waals surface area contributed by atoms with Gasteiger partial charge in [-0.2, -0.15) is 0 Å². The van der Waals surface area contributed by atoms with Gasteiger partial charge in [-0.15, -0.1) is 0 Å². The number of carbonyl (C=O) groups excluding carboxylic acids is 1. The third-order valence-corrected chi connectivity index (χ3v) is 4.30. The van der Waals surface area contributed by atoms with Crippen molar-refractivity contribution in [3.05, 3.63) is 70.0 Å². The number of hydrogen-bond donors (Lipinski definition) is 1. The van der Waals surface area contributed by atoms with Gasteiger partial charge in [0, 0.05) is 19.5 Å². The van der Waals surface area contributed by atoms with Crippen LogP contribution in [0, 0.1) is 5.82 Å². The van der Waals surface area contributed by atoms with Crippen molar-refractivity contribution in [3.63, 3.8) is 0 Å². The highest BCUT2D eigenvalue weighted by Crippen LogP contribution is 2.27. The van der Waals surface area contributed by atoms with E-state index in [4.69, 9.17) is 11.6 Å². The molecule has 1 heterocycles. The van der Waals surface area contributed by atoms with Crippen LogP contribution in [0.25, 0.3) is 0 Å². The molecule has 1 N–H and O–H groups in total. The van der Waals surface area contributed by atoms with E-state index in [1.165, 1.54) is 6.07 Å². The SMILES string of the molecule is O=C(Cc1cccc(F)c1Cl)C1CNCc2ccccc21. The third kappa shape index (κ3) is 2.85. The molecule has 0 aliphatic carbocycles. The van der Waals surface area contributed by atoms with Gasteiger partial charge in [0.1, 0.15) is 11.6 Å². The quantitative estimate of drug-likeness (QED) is 0.940. The minimum atomic E-state index is -0.482. The molecule has 108 valence electrons. The Morgan fingerprint density at radius 3 is 2.90 bits per heavy atom. The van der Waals surface area contributed by atoms with Gasteiger partial charge < -0.3 is 5.32 Å². The highest BCUT2D eigenvalue weighted by molar-refractivity contribution is 6.31. The van der Waals surface area contributed by atoms with E-state index in [1.54, 1.807) is 12.1 Å². The maximum atomic E-state index is 13.5. The predicted octanol–water partition coefficient (Wildman–Crippen LogP) is 3.48. The van der Waals surface area contributed by atoms with E-state index in [1.807, 2.05) is 24.3 Å². The number of carbonyl (C=O) groups is 1. The van der Waals surface area contributed by atoms with Crippen molar-refractivity contribution < 1.29 is 9.18 Å². The molecule has 0 radical (unpaired) electrons. The molecule has 0 fully saturated rings. The van der Waals surface area contributed by atoms with Crippen LogP contribution in [0.5, 0.6) is 0 Å². The van der Waals surface area contributed by atoms with Gasteiger partial charge in [0.2, 0.25) is 0 Å². The number of benzene rings is 2. The molecule has 0 spiro atoms. The van der Waals surface area contributed by atoms with Crippen LogP contribution in [0.1, 0.15) is 22.6 Å². The van der Waals surface area contributed by atoms with Crippen LogP contribution in [0.3, 0.4) is 0 Å². The van der Waals surface area contributed by atoms with E-state index >= 15 is 0 Å². The standard InChI is InChI=1S/C17H15ClFNO/c18-17-11(5-3-7-15(17)19)8-16(21)14-10-20-9-12-4-1-2-6-13(12)14/h1-7,14,20H,8-10H2. The number of fused-ring (bicyclic) bond motifs is 1. The van der Waals surface area contributed by atoms with E-state index in [2.05, 4.69) is 5.32 Å². The van der Waals surface area contributed by atoms with E-state index in [9.17, 15) is 9.18 Å². The van der Waals surface area contributed by atoms with Gasteiger partial charge >= 0.3 is 0 Å². The topological polar surface area (TPSA) is 29.1 Å². The van der Waals surface area contributed by atoms with Crippen molar-refractivity contribution in [2.24, 2.45) is 0 Å². The lowest BCUT2D eigenvalue weighted by molar-refractivity contribution is -0.119. The normalized spacial score (nSPS) is 17.3. The van der Waals surface area contributed by atoms with E-state index < -0.39 is 5.82 Å². The minimum Gasteiger partial charge on any atom is -0.312 e. The highest BCUT2D eigenvalue weighted by Gasteiger charge is 2.26. The van der Waals surface area contributed by atoms with E-state index in [-0.39, 0.29) is 23.1 Å². The first-order valence-electron chi connectivity index (χ1n) is 6.91. The summed E-state index contributed by atoms with van der Waals surface area (Å²) in [7, 11) is 0. The molecule has 0 saturated heterocycles. The summed E-state index contributed by atoms with van der Waals surface area (Å²) >= 11 is 5.93. The van der Waals surface area contributed by atoms with Crippen LogP contribution in [-0.2, 0) is 17.8 Å². The zero-order valence-corrected chi connectivity index (χ0v) is 12.2. The van der Waals surface area contributed by atoms with Gasteiger partial charge in [-0.3, -0.25) is 4.79 Å². The van der Waals surface area contributed by atoms with Crippen LogP contribution in [0.15, 0.2) is 42.5 Å². The summed E-state index contributed by atoms with van der Waals surface area (Å²) in [5.41, 5.74) is 2.76. The fourth-order valence-electron chi connectivity index (χ4n) is 2.78. The third-order valence-electron chi connectivity index (χ3n) is 3.88. The molecule has 2 nitrogen and oxygen atoms in total. The molecule has 1 aliphatic heterocycles. The Morgan fingerprint density at radius 1 is 1.24 bits per heavy atom. The molecule has 1 unspecified atom stereocenters. The maximum Gasteiger partial charge on any atom is 0.146 e. The largest absolute Gasteiger partial charge is 0.312 e. The van der Waals surface area contributed by atoms with Crippen molar-refractivity contribution in [3.8, 4) is 0 Å². The Morgan fingerprint density at radius 2 is 2.05 bits per heavy atom. The molecular weight excluding hydrogens is 289 g/mol. The molecule has 0 bridgehead atoms. The van der Waals surface area contributed by atoms with Gasteiger partial charge in [-0.25, -0.2) is 4.39 Å². The predicted molar refractivity (Wildman–Crippen MR) is 81.0 cm³/mol. The Kier molecular flexibility index (Phi) is 4.04. The lowest BCUT2D eigenvalue weighted by atomic mass is 9.85. The molecule has 3 rings (SSSR count). The second-order valence-corrected chi connectivity index (χ2v) is 5.62. The van der Waals surface area contributed by atoms with E-state index in [0.29, 0.717) is 12.1 Å². The van der Waals surface area contributed by atoms with Crippen molar-refractivity contribution >= 4 is 17.4 Å². The second-order valence-electron chi connectivity index (χ2n) is 5.24. The monoisotopic (exact) mass is 303 g/mol. The fraction of sp³-hybridized carbons (Fsp3) is 0.235. The van der Waals surface area contributed by atoms with Crippen molar-refractivity contribution in [1.82, 2.24) is 5.32 Å². The summed E-state index contributed by atoms with van der Waals surface area (Å²) in [6.07, 6.45) is 0.150. The summed E-state index contributed by atoms with van der Waals surface area (Å²) in [4.78, 5) is 12.6. The molecule has 2 aromatic carbocycles. The van der Waals surface area contributed by atoms with Crippen molar-refractivity contribution in [1.29, 1.82) is 0 Å². The molecule has 1 aliphatic rings. The zero-order valence-electron chi connectivity index (χ0n) is 11.4. The first kappa shape index (κ1) is 14.2. The van der Waals surface area contributed by atoms with Crippen molar-refractivity contribution in [2.45, 2.75) is 18.9 Å². The Labute approximate surface area is 127 Å². The smallest absolute Gasteiger partial charge is 0.146 e. The second kappa shape index (κ2) is 5.96. The Bertz CT molecular complexity index is 686. The molecule has 4 heteroatoms. The van der Waals surface area contributed by atoms with Crippen LogP contribution in [0.2, 0.25) is 5.02 Å². The molecule has 0 saturated carbocycles. The van der Waals surface area contributed by atoms with Gasteiger partial charge in [-0.1, -0.05) is 48.0 Å². The Hall–Kier alpha value is -1.71. The average molecular weight is 304 g/mol. The van der Waals surface area contributed by atoms with E-state index in [0.717, 1.165) is 17.7 Å². The average Bonchev–Trinajstić information content (AvgIpc) is 2.51. The number of nitrogens with one attached hydrogen (secondary N) is 1. The number of rotatable bonds is 3. The van der Waals surface area contributed by atoms with Crippen molar-refractivity contribution in [2.75, 3.05) is 6.54 Å². The Balaban J connectivity index is 1.85. The lowest BCUT2D eigenvalue weighted by Gasteiger charge is -2.25. The maximum absolute atomic E-state index is 13.5. The number of ketones is 1. The first-order chi connectivity index (χ1) is 10.2. The molecule has 1 atom stereocenters. The van der Waals surface area contributed by atoms with Crippen LogP contribution in [-0.4, -0.2) is 12.3 Å². The number of halogens is 2. The summed E-state index contributed by atoms with van der Waals surface area (Å²) in [5.74, 6) is -0.624. The fourth-order valence-corrected chi connectivity index (χ4v) is 2.97. The molecule has 21 heavy (non-hydrogen) atoms. The number of Topliss-reactive ketones (excluding diaryl/α,β-unsaturated/α-hetero) is 1. The first-order valence-corrected chi connectivity index (χ1v) is 7.28. The summed E-state index contributed by atoms with van der Waals surface area (Å²) < 4.78 is 13.5. The number of hydrogen-bond acceptors (Lipinski definition) is 2. The highest BCUT2D eigenvalue weighted by atomic mass is 35.5. The summed E-state index contributed by atoms with van der Waals surface area (Å²) in [6, 6.07) is 12.5. The molecule has 0 aromatic heterocycles. The molecular formula is C17H15ClFNO.